The van der Waals surface area contributed by atoms with Gasteiger partial charge in [0.05, 0.1) is 11.6 Å². The summed E-state index contributed by atoms with van der Waals surface area (Å²) < 4.78 is 2.08. The van der Waals surface area contributed by atoms with Crippen LogP contribution in [0.25, 0.3) is 0 Å². The van der Waals surface area contributed by atoms with Crippen molar-refractivity contribution in [1.29, 1.82) is 0 Å². The summed E-state index contributed by atoms with van der Waals surface area (Å²) in [4.78, 5) is 0. The van der Waals surface area contributed by atoms with Gasteiger partial charge in [0.15, 0.2) is 0 Å². The maximum absolute atomic E-state index is 4.67. The van der Waals surface area contributed by atoms with Crippen LogP contribution in [-0.4, -0.2) is 20.7 Å². The van der Waals surface area contributed by atoms with Crippen molar-refractivity contribution >= 4 is 42.5 Å². The van der Waals surface area contributed by atoms with Gasteiger partial charge in [-0.05, 0) is 86.2 Å². The molecule has 6 heteroatoms. The van der Waals surface area contributed by atoms with Gasteiger partial charge in [-0.3, -0.25) is 0 Å². The van der Waals surface area contributed by atoms with Crippen LogP contribution in [-0.2, 0) is 17.1 Å². The number of hydrogen-bond donors (Lipinski definition) is 0. The maximum Gasteiger partial charge on any atom is 2.00 e. The van der Waals surface area contributed by atoms with Crippen molar-refractivity contribution in [2.45, 2.75) is 12.6 Å². The van der Waals surface area contributed by atoms with Gasteiger partial charge >= 0.3 is 17.1 Å². The molecule has 2 fully saturated rings. The number of aromatic nitrogens is 3. The summed E-state index contributed by atoms with van der Waals surface area (Å²) in [5.41, 5.74) is 1.41. The first-order valence-electron chi connectivity index (χ1n) is 14.4. The monoisotopic (exact) mass is 649 g/mol. The van der Waals surface area contributed by atoms with Crippen molar-refractivity contribution in [3.05, 3.63) is 191 Å². The van der Waals surface area contributed by atoms with E-state index in [2.05, 4.69) is 163 Å². The maximum atomic E-state index is 4.67. The number of rotatable bonds is 8. The second kappa shape index (κ2) is 16.6. The van der Waals surface area contributed by atoms with E-state index in [0.29, 0.717) is 0 Å². The first kappa shape index (κ1) is 32.8. The quantitative estimate of drug-likeness (QED) is 0.149. The van der Waals surface area contributed by atoms with E-state index in [1.807, 2.05) is 38.3 Å². The number of benzene rings is 4. The Labute approximate surface area is 276 Å². The van der Waals surface area contributed by atoms with E-state index in [9.17, 15) is 0 Å². The normalized spacial score (nSPS) is 16.0. The summed E-state index contributed by atoms with van der Waals surface area (Å²) in [6.07, 6.45) is 18.6. The molecule has 2 aliphatic carbocycles. The van der Waals surface area contributed by atoms with Crippen LogP contribution in [0.4, 0.5) is 0 Å². The van der Waals surface area contributed by atoms with Crippen LogP contribution in [0, 0.1) is 63.3 Å². The minimum Gasteiger partial charge on any atom is -0.235 e. The third-order valence-electron chi connectivity index (χ3n) is 7.30. The standard InChI is InChI=1S/C33H28N3P2.C5H5.Fe/c1-26(37(27-15-6-2-7-16-27)28-17-8-3-9-18-28)31-23-14-24-32(31)36-33(25-34-35-36)38(29-19-10-4-11-20-29)30-21-12-5-13-22-30;1-2-4-5-3-1;/h2-26H,1H3;1-5H;/q;;+2/t26-;;/m1../s1. The molecule has 0 N–H and O–H groups in total. The second-order valence-electron chi connectivity index (χ2n) is 10.1. The Kier molecular flexibility index (Phi) is 12.4. The number of nitrogens with zero attached hydrogens (tertiary/aromatic N) is 3. The van der Waals surface area contributed by atoms with Crippen LogP contribution in [0.2, 0.25) is 0 Å². The Morgan fingerprint density at radius 2 is 0.977 bits per heavy atom. The van der Waals surface area contributed by atoms with E-state index in [-0.39, 0.29) is 22.7 Å². The third kappa shape index (κ3) is 7.78. The van der Waals surface area contributed by atoms with E-state index in [1.54, 1.807) is 0 Å². The van der Waals surface area contributed by atoms with Crippen LogP contribution >= 0.6 is 15.8 Å². The summed E-state index contributed by atoms with van der Waals surface area (Å²) in [6.45, 7) is 2.36. The molecule has 7 rings (SSSR count). The molecule has 0 bridgehead atoms. The topological polar surface area (TPSA) is 30.7 Å². The molecule has 216 valence electrons. The van der Waals surface area contributed by atoms with Crippen molar-refractivity contribution in [2.75, 3.05) is 0 Å². The van der Waals surface area contributed by atoms with E-state index >= 15 is 0 Å². The molecular weight excluding hydrogens is 616 g/mol. The Morgan fingerprint density at radius 1 is 0.545 bits per heavy atom. The van der Waals surface area contributed by atoms with Crippen molar-refractivity contribution in [3.63, 3.8) is 0 Å². The van der Waals surface area contributed by atoms with Crippen LogP contribution in [0.5, 0.6) is 0 Å². The molecule has 3 nitrogen and oxygen atoms in total. The molecule has 1 heterocycles. The van der Waals surface area contributed by atoms with Crippen LogP contribution < -0.4 is 26.7 Å². The van der Waals surface area contributed by atoms with E-state index in [0.717, 1.165) is 11.5 Å². The average Bonchev–Trinajstić information content (AvgIpc) is 3.88. The van der Waals surface area contributed by atoms with E-state index in [1.165, 1.54) is 27.1 Å². The third-order valence-corrected chi connectivity index (χ3v) is 12.5. The zero-order valence-corrected chi connectivity index (χ0v) is 27.3. The van der Waals surface area contributed by atoms with Gasteiger partial charge in [-0.25, -0.2) is 4.68 Å². The molecule has 4 aromatic carbocycles. The van der Waals surface area contributed by atoms with Gasteiger partial charge in [-0.15, -0.1) is 5.10 Å². The Bertz CT molecular complexity index is 1420. The summed E-state index contributed by atoms with van der Waals surface area (Å²) in [5.74, 6) is 1.30. The Balaban J connectivity index is 0.000000584. The van der Waals surface area contributed by atoms with Crippen molar-refractivity contribution in [2.24, 2.45) is 0 Å². The molecule has 1 aromatic heterocycles. The predicted molar refractivity (Wildman–Crippen MR) is 184 cm³/mol. The fraction of sp³-hybridized carbons (Fsp3) is 0.0526. The van der Waals surface area contributed by atoms with E-state index in [4.69, 9.17) is 0 Å². The molecule has 44 heavy (non-hydrogen) atoms. The van der Waals surface area contributed by atoms with Crippen LogP contribution in [0.1, 0.15) is 6.92 Å². The first-order chi connectivity index (χ1) is 21.3. The molecule has 0 saturated heterocycles. The molecule has 0 aliphatic heterocycles. The molecule has 10 radical (unpaired) electrons. The van der Waals surface area contributed by atoms with E-state index < -0.39 is 15.8 Å². The van der Waals surface area contributed by atoms with Gasteiger partial charge in [0.2, 0.25) is 0 Å². The fourth-order valence-corrected chi connectivity index (χ4v) is 10.3. The smallest absolute Gasteiger partial charge is 0.235 e. The summed E-state index contributed by atoms with van der Waals surface area (Å²) in [5, 5.41) is 14.4. The molecule has 0 amide bonds. The molecule has 0 spiro atoms. The van der Waals surface area contributed by atoms with Gasteiger partial charge in [-0.1, -0.05) is 133 Å². The molecule has 2 aliphatic rings. The Hall–Kier alpha value is -2.60. The first-order valence-corrected chi connectivity index (χ1v) is 17.2. The SMILES string of the molecule is C[C@H]([C]1[CH][CH][CH][C]1n1nncc1P(c1ccccc1)c1ccccc1)P(c1ccccc1)c1ccccc1.[CH]1[CH][CH][CH][CH]1.[Fe+2]. The minimum atomic E-state index is -0.826. The zero-order valence-electron chi connectivity index (χ0n) is 24.4. The predicted octanol–water partition coefficient (Wildman–Crippen LogP) is 6.16. The summed E-state index contributed by atoms with van der Waals surface area (Å²) in [6, 6.07) is 44.4. The van der Waals surface area contributed by atoms with Crippen molar-refractivity contribution < 1.29 is 17.1 Å². The van der Waals surface area contributed by atoms with Gasteiger partial charge in [-0.2, -0.15) is 0 Å². The minimum absolute atomic E-state index is 0. The van der Waals surface area contributed by atoms with Crippen molar-refractivity contribution in [3.8, 4) is 0 Å². The van der Waals surface area contributed by atoms with Crippen LogP contribution in [0.15, 0.2) is 128 Å². The summed E-state index contributed by atoms with van der Waals surface area (Å²) >= 11 is 0. The van der Waals surface area contributed by atoms with Crippen molar-refractivity contribution in [1.82, 2.24) is 15.0 Å². The van der Waals surface area contributed by atoms with Crippen LogP contribution in [0.3, 0.4) is 0 Å². The molecule has 5 aromatic rings. The van der Waals surface area contributed by atoms with Gasteiger partial charge in [0.1, 0.15) is 6.04 Å². The number of hydrogen-bond acceptors (Lipinski definition) is 2. The second-order valence-corrected chi connectivity index (χ2v) is 14.8. The molecule has 1 atom stereocenters. The molecular formula is C38H33FeN3P2+2. The molecule has 0 unspecified atom stereocenters. The van der Waals surface area contributed by atoms with Gasteiger partial charge < -0.3 is 0 Å². The van der Waals surface area contributed by atoms with Gasteiger partial charge in [0, 0.05) is 13.8 Å². The zero-order chi connectivity index (χ0) is 29.3. The fourth-order valence-electron chi connectivity index (χ4n) is 5.33. The largest absolute Gasteiger partial charge is 2.00 e. The summed E-state index contributed by atoms with van der Waals surface area (Å²) in [7, 11) is -1.45. The average molecular weight is 649 g/mol. The Morgan fingerprint density at radius 3 is 1.43 bits per heavy atom. The molecule has 2 saturated carbocycles. The van der Waals surface area contributed by atoms with Gasteiger partial charge in [0.25, 0.3) is 0 Å².